The molecule has 2 aromatic rings. The van der Waals surface area contributed by atoms with Crippen molar-refractivity contribution in [1.82, 2.24) is 0 Å². The molecule has 1 saturated carbocycles. The van der Waals surface area contributed by atoms with Crippen LogP contribution in [0.4, 0.5) is 11.4 Å². The summed E-state index contributed by atoms with van der Waals surface area (Å²) in [7, 11) is 0. The average molecular weight is 577 g/mol. The van der Waals surface area contributed by atoms with Crippen LogP contribution in [0.25, 0.3) is 0 Å². The molecule has 6 atom stereocenters. The second-order valence-corrected chi connectivity index (χ2v) is 11.7. The van der Waals surface area contributed by atoms with Crippen molar-refractivity contribution < 1.29 is 28.7 Å². The second kappa shape index (κ2) is 8.20. The number of rotatable bonds is 4. The van der Waals surface area contributed by atoms with Crippen LogP contribution in [0.15, 0.2) is 71.8 Å². The van der Waals surface area contributed by atoms with Gasteiger partial charge in [0, 0.05) is 11.0 Å². The summed E-state index contributed by atoms with van der Waals surface area (Å²) in [6.45, 7) is 5.13. The van der Waals surface area contributed by atoms with Crippen molar-refractivity contribution in [1.29, 1.82) is 0 Å². The molecule has 5 aliphatic rings. The lowest BCUT2D eigenvalue weighted by Gasteiger charge is -2.59. The van der Waals surface area contributed by atoms with Crippen LogP contribution in [0.2, 0.25) is 0 Å². The Labute approximate surface area is 227 Å². The summed E-state index contributed by atoms with van der Waals surface area (Å²) < 4.78 is 3.99. The maximum Gasteiger partial charge on any atom is 0.334 e. The molecule has 0 N–H and O–H groups in total. The van der Waals surface area contributed by atoms with Gasteiger partial charge in [0.1, 0.15) is 0 Å². The number of allylic oxidation sites excluding steroid dienone is 1. The van der Waals surface area contributed by atoms with Gasteiger partial charge < -0.3 is 4.74 Å². The van der Waals surface area contributed by atoms with Gasteiger partial charge in [-0.2, -0.15) is 0 Å². The first-order valence-electron chi connectivity index (χ1n) is 12.5. The summed E-state index contributed by atoms with van der Waals surface area (Å²) in [5.41, 5.74) is -0.00710. The first-order chi connectivity index (χ1) is 18.1. The van der Waals surface area contributed by atoms with Gasteiger partial charge in [0.25, 0.3) is 0 Å². The van der Waals surface area contributed by atoms with E-state index in [-0.39, 0.29) is 12.2 Å². The highest BCUT2D eigenvalue weighted by Crippen LogP contribution is 2.72. The Bertz CT molecular complexity index is 1370. The van der Waals surface area contributed by atoms with Crippen LogP contribution in [0.1, 0.15) is 20.8 Å². The van der Waals surface area contributed by atoms with E-state index in [0.717, 1.165) is 9.80 Å². The van der Waals surface area contributed by atoms with Crippen molar-refractivity contribution in [3.05, 3.63) is 71.8 Å². The highest BCUT2D eigenvalue weighted by Gasteiger charge is 2.81. The Balaban J connectivity index is 1.61. The summed E-state index contributed by atoms with van der Waals surface area (Å²) in [5, 5.41) is 0. The van der Waals surface area contributed by atoms with E-state index in [9.17, 15) is 24.0 Å². The number of ether oxygens (including phenoxy) is 1. The molecule has 2 aliphatic heterocycles. The van der Waals surface area contributed by atoms with E-state index < -0.39 is 63.0 Å². The molecule has 2 unspecified atom stereocenters. The lowest BCUT2D eigenvalue weighted by molar-refractivity contribution is -0.152. The molecule has 2 heterocycles. The molecule has 2 bridgehead atoms. The molecular formula is C29H25BrN2O6. The largest absolute Gasteiger partial charge is 0.463 e. The number of anilines is 2. The fourth-order valence-corrected chi connectivity index (χ4v) is 8.51. The van der Waals surface area contributed by atoms with E-state index in [1.165, 1.54) is 0 Å². The number of nitrogens with zero attached hydrogens (tertiary/aromatic N) is 2. The fraction of sp³-hybridized carbons (Fsp3) is 0.345. The number of para-hydroxylation sites is 2. The van der Waals surface area contributed by atoms with Gasteiger partial charge in [-0.1, -0.05) is 59.3 Å². The van der Waals surface area contributed by atoms with Crippen molar-refractivity contribution in [2.75, 3.05) is 16.4 Å². The first kappa shape index (κ1) is 24.7. The molecule has 4 amide bonds. The molecule has 2 aromatic carbocycles. The van der Waals surface area contributed by atoms with E-state index in [1.807, 2.05) is 0 Å². The number of imide groups is 2. The summed E-state index contributed by atoms with van der Waals surface area (Å²) in [5.74, 6) is -6.66. The van der Waals surface area contributed by atoms with Gasteiger partial charge in [-0.25, -0.2) is 14.6 Å². The Kier molecular flexibility index (Phi) is 5.34. The average Bonchev–Trinajstić information content (AvgIpc) is 3.34. The number of hydrogen-bond acceptors (Lipinski definition) is 6. The van der Waals surface area contributed by atoms with E-state index in [1.54, 1.807) is 81.4 Å². The van der Waals surface area contributed by atoms with Crippen molar-refractivity contribution in [2.24, 2.45) is 29.1 Å². The highest BCUT2D eigenvalue weighted by atomic mass is 79.9. The Morgan fingerprint density at radius 2 is 1.18 bits per heavy atom. The number of amides is 4. The normalized spacial score (nSPS) is 33.7. The van der Waals surface area contributed by atoms with Crippen LogP contribution in [0, 0.1) is 29.1 Å². The zero-order valence-corrected chi connectivity index (χ0v) is 22.6. The monoisotopic (exact) mass is 576 g/mol. The Morgan fingerprint density at radius 3 is 1.58 bits per heavy atom. The molecule has 2 saturated heterocycles. The van der Waals surface area contributed by atoms with Gasteiger partial charge in [-0.05, 0) is 43.7 Å². The van der Waals surface area contributed by atoms with Gasteiger partial charge in [-0.15, -0.1) is 0 Å². The number of hydrogen-bond donors (Lipinski definition) is 0. The van der Waals surface area contributed by atoms with E-state index in [4.69, 9.17) is 4.74 Å². The van der Waals surface area contributed by atoms with Crippen molar-refractivity contribution in [3.8, 4) is 0 Å². The highest BCUT2D eigenvalue weighted by molar-refractivity contribution is 9.10. The smallest absolute Gasteiger partial charge is 0.334 e. The van der Waals surface area contributed by atoms with Gasteiger partial charge in [0.05, 0.1) is 46.0 Å². The Morgan fingerprint density at radius 1 is 0.789 bits per heavy atom. The van der Waals surface area contributed by atoms with E-state index >= 15 is 0 Å². The van der Waals surface area contributed by atoms with Gasteiger partial charge in [0.15, 0.2) is 0 Å². The molecule has 38 heavy (non-hydrogen) atoms. The topological polar surface area (TPSA) is 101 Å². The lowest BCUT2D eigenvalue weighted by Crippen LogP contribution is -2.67. The lowest BCUT2D eigenvalue weighted by atomic mass is 9.43. The zero-order valence-electron chi connectivity index (χ0n) is 21.0. The molecule has 0 spiro atoms. The van der Waals surface area contributed by atoms with Gasteiger partial charge in [-0.3, -0.25) is 19.2 Å². The predicted molar refractivity (Wildman–Crippen MR) is 141 cm³/mol. The van der Waals surface area contributed by atoms with Crippen LogP contribution in [0.5, 0.6) is 0 Å². The van der Waals surface area contributed by atoms with Crippen LogP contribution in [0.3, 0.4) is 0 Å². The number of halogens is 1. The number of alkyl halides is 1. The maximum atomic E-state index is 14.1. The number of esters is 1. The van der Waals surface area contributed by atoms with Crippen molar-refractivity contribution in [2.45, 2.75) is 25.1 Å². The Hall–Kier alpha value is -3.59. The summed E-state index contributed by atoms with van der Waals surface area (Å²) >= 11 is 3.77. The van der Waals surface area contributed by atoms with Crippen molar-refractivity contribution in [3.63, 3.8) is 0 Å². The van der Waals surface area contributed by atoms with Crippen LogP contribution >= 0.6 is 15.9 Å². The van der Waals surface area contributed by atoms with E-state index in [0.29, 0.717) is 16.9 Å². The minimum Gasteiger partial charge on any atom is -0.463 e. The molecule has 9 heteroatoms. The fourth-order valence-electron chi connectivity index (χ4n) is 7.39. The second-order valence-electron chi connectivity index (χ2n) is 10.4. The molecule has 8 nitrogen and oxygen atoms in total. The molecular weight excluding hydrogens is 552 g/mol. The predicted octanol–water partition coefficient (Wildman–Crippen LogP) is 3.64. The third-order valence-electron chi connectivity index (χ3n) is 8.81. The molecule has 0 radical (unpaired) electrons. The van der Waals surface area contributed by atoms with Crippen LogP contribution in [-0.2, 0) is 28.7 Å². The SMILES string of the molecule is CCOC(=O)C1=C(C)C2(Br)[C@@H]3C(=O)N(c4ccccc4)C(=O)[C@@H]3C1(C)[C@@H]1C(=O)N(c3ccccc3)C(=O)[C@@H]12. The summed E-state index contributed by atoms with van der Waals surface area (Å²) in [6.07, 6.45) is 0. The van der Waals surface area contributed by atoms with Crippen molar-refractivity contribution >= 4 is 56.9 Å². The third kappa shape index (κ3) is 2.77. The quantitative estimate of drug-likeness (QED) is 0.313. The summed E-state index contributed by atoms with van der Waals surface area (Å²) in [6, 6.07) is 17.1. The molecule has 194 valence electrons. The molecule has 7 rings (SSSR count). The summed E-state index contributed by atoms with van der Waals surface area (Å²) in [4.78, 5) is 72.2. The number of carbonyl (C=O) groups excluding carboxylic acids is 5. The molecule has 3 fully saturated rings. The first-order valence-corrected chi connectivity index (χ1v) is 13.3. The standard InChI is InChI=1S/C29H25BrN2O6/c1-4-38-27(37)18-15(2)29(30)21-19(23(33)31(25(21)35)16-11-7-5-8-12-16)28(18,3)20-22(29)26(36)32(24(20)34)17-13-9-6-10-14-17/h5-14,19-22H,4H2,1-3H3/t19-,20+,21+,22-,28?,29?. The number of carbonyl (C=O) groups is 5. The van der Waals surface area contributed by atoms with Crippen LogP contribution in [-0.4, -0.2) is 40.5 Å². The zero-order chi connectivity index (χ0) is 27.1. The molecule has 0 aromatic heterocycles. The van der Waals surface area contributed by atoms with Gasteiger partial charge in [0.2, 0.25) is 23.6 Å². The van der Waals surface area contributed by atoms with E-state index in [2.05, 4.69) is 15.9 Å². The van der Waals surface area contributed by atoms with Crippen LogP contribution < -0.4 is 9.80 Å². The minimum absolute atomic E-state index is 0.0925. The minimum atomic E-state index is -1.45. The maximum absolute atomic E-state index is 14.1. The van der Waals surface area contributed by atoms with Gasteiger partial charge >= 0.3 is 5.97 Å². The third-order valence-corrected chi connectivity index (χ3v) is 10.4. The number of benzene rings is 2. The molecule has 3 aliphatic carbocycles.